The monoisotopic (exact) mass is 475 g/mol. The number of aromatic nitrogens is 4. The largest absolute Gasteiger partial charge is 0.573 e. The molecule has 0 saturated heterocycles. The van der Waals surface area contributed by atoms with Gasteiger partial charge in [-0.3, -0.25) is 4.79 Å². The maximum absolute atomic E-state index is 13.9. The van der Waals surface area contributed by atoms with Crippen LogP contribution in [0.4, 0.5) is 17.6 Å². The van der Waals surface area contributed by atoms with E-state index in [1.54, 1.807) is 0 Å². The first-order valence-corrected chi connectivity index (χ1v) is 9.94. The molecule has 31 heavy (non-hydrogen) atoms. The van der Waals surface area contributed by atoms with Gasteiger partial charge in [-0.2, -0.15) is 4.68 Å². The van der Waals surface area contributed by atoms with Crippen molar-refractivity contribution < 1.29 is 27.1 Å². The summed E-state index contributed by atoms with van der Waals surface area (Å²) < 4.78 is 55.8. The number of carbonyl (C=O) groups excluding carboxylic acids is 1. The SMILES string of the molecule is CN(Cc1c(F)cccc1Cl)C(=O)CSc1nnnn1-c1ccc(OC(F)(F)F)cc1. The second kappa shape index (κ2) is 9.52. The second-order valence-electron chi connectivity index (χ2n) is 6.15. The van der Waals surface area contributed by atoms with Crippen LogP contribution in [0.5, 0.6) is 5.75 Å². The Morgan fingerprint density at radius 3 is 2.58 bits per heavy atom. The zero-order valence-corrected chi connectivity index (χ0v) is 17.4. The molecular formula is C18H14ClF4N5O2S. The molecular weight excluding hydrogens is 462 g/mol. The van der Waals surface area contributed by atoms with Crippen molar-refractivity contribution in [1.29, 1.82) is 0 Å². The Kier molecular flexibility index (Phi) is 7.01. The van der Waals surface area contributed by atoms with Gasteiger partial charge < -0.3 is 9.64 Å². The van der Waals surface area contributed by atoms with Gasteiger partial charge in [0.05, 0.1) is 11.4 Å². The molecule has 3 aromatic rings. The molecule has 0 fully saturated rings. The summed E-state index contributed by atoms with van der Waals surface area (Å²) in [5.74, 6) is -1.28. The number of carbonyl (C=O) groups is 1. The van der Waals surface area contributed by atoms with Gasteiger partial charge in [0.2, 0.25) is 11.1 Å². The van der Waals surface area contributed by atoms with E-state index in [0.29, 0.717) is 5.69 Å². The van der Waals surface area contributed by atoms with E-state index in [-0.39, 0.29) is 39.7 Å². The predicted molar refractivity (Wildman–Crippen MR) is 104 cm³/mol. The number of halogens is 5. The third-order valence-electron chi connectivity index (χ3n) is 3.96. The maximum Gasteiger partial charge on any atom is 0.573 e. The predicted octanol–water partition coefficient (Wildman–Crippen LogP) is 4.10. The van der Waals surface area contributed by atoms with Crippen LogP contribution in [0.3, 0.4) is 0 Å². The number of rotatable bonds is 7. The summed E-state index contributed by atoms with van der Waals surface area (Å²) in [5.41, 5.74) is 0.581. The number of nitrogens with zero attached hydrogens (tertiary/aromatic N) is 5. The average Bonchev–Trinajstić information content (AvgIpc) is 3.17. The van der Waals surface area contributed by atoms with Gasteiger partial charge in [-0.1, -0.05) is 29.4 Å². The van der Waals surface area contributed by atoms with Gasteiger partial charge in [-0.25, -0.2) is 4.39 Å². The molecule has 7 nitrogen and oxygen atoms in total. The topological polar surface area (TPSA) is 73.1 Å². The lowest BCUT2D eigenvalue weighted by Gasteiger charge is -2.18. The number of hydrogen-bond acceptors (Lipinski definition) is 6. The highest BCUT2D eigenvalue weighted by Gasteiger charge is 2.31. The van der Waals surface area contributed by atoms with Crippen LogP contribution in [0.15, 0.2) is 47.6 Å². The summed E-state index contributed by atoms with van der Waals surface area (Å²) in [6.07, 6.45) is -4.80. The molecule has 0 radical (unpaired) electrons. The fourth-order valence-electron chi connectivity index (χ4n) is 2.47. The highest BCUT2D eigenvalue weighted by atomic mass is 35.5. The number of tetrazole rings is 1. The van der Waals surface area contributed by atoms with Gasteiger partial charge in [0, 0.05) is 24.2 Å². The highest BCUT2D eigenvalue weighted by Crippen LogP contribution is 2.25. The molecule has 2 aromatic carbocycles. The molecule has 0 N–H and O–H groups in total. The van der Waals surface area contributed by atoms with Crippen molar-refractivity contribution in [1.82, 2.24) is 25.1 Å². The molecule has 1 heterocycles. The van der Waals surface area contributed by atoms with Crippen LogP contribution in [0.2, 0.25) is 5.02 Å². The second-order valence-corrected chi connectivity index (χ2v) is 7.50. The Hall–Kier alpha value is -2.86. The number of ether oxygens (including phenoxy) is 1. The minimum atomic E-state index is -4.80. The van der Waals surface area contributed by atoms with Gasteiger partial charge >= 0.3 is 6.36 Å². The number of alkyl halides is 3. The Bertz CT molecular complexity index is 1040. The van der Waals surface area contributed by atoms with Crippen molar-refractivity contribution in [3.05, 3.63) is 58.9 Å². The van der Waals surface area contributed by atoms with Gasteiger partial charge in [-0.15, -0.1) is 18.3 Å². The zero-order chi connectivity index (χ0) is 22.6. The van der Waals surface area contributed by atoms with Gasteiger partial charge in [0.25, 0.3) is 0 Å². The Morgan fingerprint density at radius 2 is 1.94 bits per heavy atom. The molecule has 0 unspecified atom stereocenters. The highest BCUT2D eigenvalue weighted by molar-refractivity contribution is 7.99. The Balaban J connectivity index is 1.63. The van der Waals surface area contributed by atoms with Crippen LogP contribution in [0.1, 0.15) is 5.56 Å². The summed E-state index contributed by atoms with van der Waals surface area (Å²) in [4.78, 5) is 13.7. The van der Waals surface area contributed by atoms with E-state index in [4.69, 9.17) is 11.6 Å². The van der Waals surface area contributed by atoms with E-state index in [1.807, 2.05) is 0 Å². The summed E-state index contributed by atoms with van der Waals surface area (Å²) in [5, 5.41) is 11.6. The lowest BCUT2D eigenvalue weighted by Crippen LogP contribution is -2.28. The summed E-state index contributed by atoms with van der Waals surface area (Å²) in [6, 6.07) is 9.19. The molecule has 0 bridgehead atoms. The first-order chi connectivity index (χ1) is 14.6. The van der Waals surface area contributed by atoms with Gasteiger partial charge in [0.15, 0.2) is 0 Å². The molecule has 0 aliphatic rings. The molecule has 1 amide bonds. The van der Waals surface area contributed by atoms with Crippen molar-refractivity contribution in [3.63, 3.8) is 0 Å². The normalized spacial score (nSPS) is 11.4. The van der Waals surface area contributed by atoms with Crippen LogP contribution in [-0.2, 0) is 11.3 Å². The van der Waals surface area contributed by atoms with Crippen LogP contribution in [-0.4, -0.2) is 50.2 Å². The Labute approximate surface area is 182 Å². The summed E-state index contributed by atoms with van der Waals surface area (Å²) >= 11 is 7.00. The summed E-state index contributed by atoms with van der Waals surface area (Å²) in [7, 11) is 1.51. The first-order valence-electron chi connectivity index (χ1n) is 8.58. The van der Waals surface area contributed by atoms with Crippen LogP contribution in [0, 0.1) is 5.82 Å². The van der Waals surface area contributed by atoms with Crippen LogP contribution >= 0.6 is 23.4 Å². The van der Waals surface area contributed by atoms with E-state index < -0.39 is 12.2 Å². The molecule has 164 valence electrons. The van der Waals surface area contributed by atoms with E-state index in [2.05, 4.69) is 20.3 Å². The number of amides is 1. The number of thioether (sulfide) groups is 1. The average molecular weight is 476 g/mol. The van der Waals surface area contributed by atoms with Gasteiger partial charge in [0.1, 0.15) is 11.6 Å². The zero-order valence-electron chi connectivity index (χ0n) is 15.8. The first kappa shape index (κ1) is 22.8. The van der Waals surface area contributed by atoms with Crippen molar-refractivity contribution in [2.75, 3.05) is 12.8 Å². The lowest BCUT2D eigenvalue weighted by atomic mass is 10.2. The van der Waals surface area contributed by atoms with Crippen molar-refractivity contribution in [3.8, 4) is 11.4 Å². The van der Waals surface area contributed by atoms with E-state index in [0.717, 1.165) is 23.9 Å². The fourth-order valence-corrected chi connectivity index (χ4v) is 3.52. The standard InChI is InChI=1S/C18H14ClF4N5O2S/c1-27(9-13-14(19)3-2-4-15(13)20)16(29)10-31-17-24-25-26-28(17)11-5-7-12(8-6-11)30-18(21,22)23/h2-8H,9-10H2,1H3. The number of benzene rings is 2. The maximum atomic E-state index is 13.9. The van der Waals surface area contributed by atoms with E-state index >= 15 is 0 Å². The van der Waals surface area contributed by atoms with Crippen LogP contribution < -0.4 is 4.74 Å². The molecule has 0 atom stereocenters. The molecule has 1 aromatic heterocycles. The molecule has 0 aliphatic heterocycles. The van der Waals surface area contributed by atoms with E-state index in [1.165, 1.54) is 47.0 Å². The third kappa shape index (κ3) is 6.07. The molecule has 0 saturated carbocycles. The lowest BCUT2D eigenvalue weighted by molar-refractivity contribution is -0.274. The minimum absolute atomic E-state index is 0.0174. The quantitative estimate of drug-likeness (QED) is 0.378. The molecule has 3 rings (SSSR count). The molecule has 0 spiro atoms. The Morgan fingerprint density at radius 1 is 1.23 bits per heavy atom. The smallest absolute Gasteiger partial charge is 0.406 e. The van der Waals surface area contributed by atoms with Crippen molar-refractivity contribution >= 4 is 29.3 Å². The van der Waals surface area contributed by atoms with Crippen LogP contribution in [0.25, 0.3) is 5.69 Å². The van der Waals surface area contributed by atoms with Gasteiger partial charge in [-0.05, 0) is 46.8 Å². The third-order valence-corrected chi connectivity index (χ3v) is 5.22. The molecule has 0 aliphatic carbocycles. The number of hydrogen-bond donors (Lipinski definition) is 0. The van der Waals surface area contributed by atoms with E-state index in [9.17, 15) is 22.4 Å². The fraction of sp³-hybridized carbons (Fsp3) is 0.222. The molecule has 13 heteroatoms. The van der Waals surface area contributed by atoms with Crippen molar-refractivity contribution in [2.24, 2.45) is 0 Å². The minimum Gasteiger partial charge on any atom is -0.406 e. The summed E-state index contributed by atoms with van der Waals surface area (Å²) in [6.45, 7) is -0.0174. The van der Waals surface area contributed by atoms with Crippen molar-refractivity contribution in [2.45, 2.75) is 18.1 Å².